The Kier molecular flexibility index (Phi) is 4.44. The highest BCUT2D eigenvalue weighted by atomic mass is 35.5. The third-order valence-electron chi connectivity index (χ3n) is 4.10. The number of fused-ring (bicyclic) bond motifs is 1. The molecule has 0 unspecified atom stereocenters. The summed E-state index contributed by atoms with van der Waals surface area (Å²) in [7, 11) is 0. The fourth-order valence-corrected chi connectivity index (χ4v) is 3.96. The number of aromatic nitrogens is 3. The van der Waals surface area contributed by atoms with Crippen LogP contribution in [0.25, 0.3) is 21.5 Å². The third-order valence-corrected chi connectivity index (χ3v) is 5.30. The lowest BCUT2D eigenvalue weighted by molar-refractivity contribution is -0.116. The molecule has 1 N–H and O–H groups in total. The van der Waals surface area contributed by atoms with Gasteiger partial charge in [0.2, 0.25) is 11.0 Å². The first-order valence-corrected chi connectivity index (χ1v) is 9.24. The van der Waals surface area contributed by atoms with Crippen molar-refractivity contribution in [2.24, 2.45) is 0 Å². The SMILES string of the molecule is Cc1cc2ccccc2n1CC(=O)Nc1nnc(-c2ccccc2Cl)s1. The van der Waals surface area contributed by atoms with E-state index in [1.165, 1.54) is 11.3 Å². The van der Waals surface area contributed by atoms with Crippen LogP contribution < -0.4 is 5.32 Å². The molecule has 5 nitrogen and oxygen atoms in total. The fraction of sp³-hybridized carbons (Fsp3) is 0.105. The van der Waals surface area contributed by atoms with E-state index >= 15 is 0 Å². The van der Waals surface area contributed by atoms with Crippen LogP contribution in [0, 0.1) is 6.92 Å². The van der Waals surface area contributed by atoms with Gasteiger partial charge in [-0.1, -0.05) is 59.3 Å². The molecule has 0 spiro atoms. The minimum absolute atomic E-state index is 0.142. The monoisotopic (exact) mass is 382 g/mol. The van der Waals surface area contributed by atoms with E-state index in [9.17, 15) is 4.79 Å². The zero-order chi connectivity index (χ0) is 18.1. The summed E-state index contributed by atoms with van der Waals surface area (Å²) in [5, 5.41) is 13.9. The van der Waals surface area contributed by atoms with Crippen LogP contribution in [-0.4, -0.2) is 20.7 Å². The Morgan fingerprint density at radius 3 is 2.77 bits per heavy atom. The Morgan fingerprint density at radius 2 is 1.92 bits per heavy atom. The highest BCUT2D eigenvalue weighted by Crippen LogP contribution is 2.31. The molecule has 1 amide bonds. The summed E-state index contributed by atoms with van der Waals surface area (Å²) >= 11 is 7.49. The van der Waals surface area contributed by atoms with Crippen LogP contribution in [0.2, 0.25) is 5.02 Å². The van der Waals surface area contributed by atoms with Gasteiger partial charge in [0.1, 0.15) is 6.54 Å². The van der Waals surface area contributed by atoms with Crippen molar-refractivity contribution in [3.63, 3.8) is 0 Å². The minimum Gasteiger partial charge on any atom is -0.335 e. The summed E-state index contributed by atoms with van der Waals surface area (Å²) in [6.45, 7) is 2.22. The van der Waals surface area contributed by atoms with Crippen LogP contribution in [0.15, 0.2) is 54.6 Å². The Balaban J connectivity index is 1.52. The van der Waals surface area contributed by atoms with Crippen LogP contribution in [-0.2, 0) is 11.3 Å². The van der Waals surface area contributed by atoms with Gasteiger partial charge in [-0.2, -0.15) is 0 Å². The number of nitrogens with one attached hydrogen (secondary N) is 1. The average Bonchev–Trinajstić information content (AvgIpc) is 3.20. The number of benzene rings is 2. The number of hydrogen-bond acceptors (Lipinski definition) is 4. The molecule has 2 aromatic carbocycles. The van der Waals surface area contributed by atoms with Gasteiger partial charge in [0.05, 0.1) is 5.02 Å². The topological polar surface area (TPSA) is 59.8 Å². The molecule has 4 aromatic rings. The van der Waals surface area contributed by atoms with E-state index in [0.717, 1.165) is 22.2 Å². The molecule has 4 rings (SSSR count). The Morgan fingerprint density at radius 1 is 1.15 bits per heavy atom. The molecule has 0 aliphatic heterocycles. The quantitative estimate of drug-likeness (QED) is 0.553. The van der Waals surface area contributed by atoms with Crippen molar-refractivity contribution < 1.29 is 4.79 Å². The Hall–Kier alpha value is -2.70. The van der Waals surface area contributed by atoms with E-state index in [1.807, 2.05) is 54.0 Å². The lowest BCUT2D eigenvalue weighted by Gasteiger charge is -2.07. The van der Waals surface area contributed by atoms with Crippen LogP contribution in [0.5, 0.6) is 0 Å². The number of nitrogens with zero attached hydrogens (tertiary/aromatic N) is 3. The highest BCUT2D eigenvalue weighted by Gasteiger charge is 2.14. The molecule has 7 heteroatoms. The number of anilines is 1. The molecule has 130 valence electrons. The third kappa shape index (κ3) is 3.21. The lowest BCUT2D eigenvalue weighted by Crippen LogP contribution is -2.19. The van der Waals surface area contributed by atoms with Crippen LogP contribution in [0.4, 0.5) is 5.13 Å². The van der Waals surface area contributed by atoms with Crippen molar-refractivity contribution in [2.45, 2.75) is 13.5 Å². The minimum atomic E-state index is -0.142. The first-order valence-electron chi connectivity index (χ1n) is 8.05. The second kappa shape index (κ2) is 6.90. The smallest absolute Gasteiger partial charge is 0.246 e. The first kappa shape index (κ1) is 16.8. The number of para-hydroxylation sites is 1. The summed E-state index contributed by atoms with van der Waals surface area (Å²) in [5.74, 6) is -0.142. The van der Waals surface area contributed by atoms with Crippen molar-refractivity contribution in [2.75, 3.05) is 5.32 Å². The van der Waals surface area contributed by atoms with Crippen molar-refractivity contribution in [1.29, 1.82) is 0 Å². The first-order chi connectivity index (χ1) is 12.6. The van der Waals surface area contributed by atoms with Crippen molar-refractivity contribution >= 4 is 44.9 Å². The number of carbonyl (C=O) groups is 1. The molecule has 0 aliphatic rings. The van der Waals surface area contributed by atoms with Crippen LogP contribution in [0.3, 0.4) is 0 Å². The number of hydrogen-bond donors (Lipinski definition) is 1. The Labute approximate surface area is 159 Å². The fourth-order valence-electron chi connectivity index (χ4n) is 2.88. The van der Waals surface area contributed by atoms with Gasteiger partial charge in [0, 0.05) is 16.8 Å². The van der Waals surface area contributed by atoms with Gasteiger partial charge < -0.3 is 4.57 Å². The molecule has 0 fully saturated rings. The van der Waals surface area contributed by atoms with Gasteiger partial charge in [-0.3, -0.25) is 10.1 Å². The van der Waals surface area contributed by atoms with Gasteiger partial charge in [-0.05, 0) is 30.5 Å². The zero-order valence-corrected chi connectivity index (χ0v) is 15.5. The molecule has 0 saturated heterocycles. The molecule has 0 saturated carbocycles. The standard InChI is InChI=1S/C19H15ClN4OS/c1-12-10-13-6-2-5-9-16(13)24(12)11-17(25)21-19-23-22-18(26-19)14-7-3-4-8-15(14)20/h2-10H,11H2,1H3,(H,21,23,25). The van der Waals surface area contributed by atoms with Crippen LogP contribution in [0.1, 0.15) is 5.69 Å². The normalized spacial score (nSPS) is 11.0. The summed E-state index contributed by atoms with van der Waals surface area (Å²) in [6.07, 6.45) is 0. The van der Waals surface area contributed by atoms with Gasteiger partial charge in [0.15, 0.2) is 5.01 Å². The summed E-state index contributed by atoms with van der Waals surface area (Å²) in [6, 6.07) is 17.5. The highest BCUT2D eigenvalue weighted by molar-refractivity contribution is 7.18. The molecule has 0 radical (unpaired) electrons. The number of halogens is 1. The van der Waals surface area contributed by atoms with Gasteiger partial charge in [0.25, 0.3) is 0 Å². The number of aryl methyl sites for hydroxylation is 1. The van der Waals surface area contributed by atoms with Gasteiger partial charge >= 0.3 is 0 Å². The number of amides is 1. The molecular weight excluding hydrogens is 368 g/mol. The van der Waals surface area contributed by atoms with E-state index in [2.05, 4.69) is 21.6 Å². The summed E-state index contributed by atoms with van der Waals surface area (Å²) < 4.78 is 1.99. The van der Waals surface area contributed by atoms with E-state index in [1.54, 1.807) is 6.07 Å². The van der Waals surface area contributed by atoms with Crippen LogP contribution >= 0.6 is 22.9 Å². The molecule has 2 aromatic heterocycles. The second-order valence-corrected chi connectivity index (χ2v) is 7.26. The maximum Gasteiger partial charge on any atom is 0.246 e. The maximum absolute atomic E-state index is 12.5. The molecule has 26 heavy (non-hydrogen) atoms. The van der Waals surface area contributed by atoms with Crippen molar-refractivity contribution in [3.05, 3.63) is 65.3 Å². The van der Waals surface area contributed by atoms with Gasteiger partial charge in [-0.15, -0.1) is 10.2 Å². The largest absolute Gasteiger partial charge is 0.335 e. The predicted molar refractivity (Wildman–Crippen MR) is 106 cm³/mol. The molecule has 0 atom stereocenters. The molecule has 0 aliphatic carbocycles. The van der Waals surface area contributed by atoms with E-state index in [4.69, 9.17) is 11.6 Å². The number of carbonyl (C=O) groups excluding carboxylic acids is 1. The molecule has 2 heterocycles. The predicted octanol–water partition coefficient (Wildman–Crippen LogP) is 4.76. The second-order valence-electron chi connectivity index (χ2n) is 5.87. The molecular formula is C19H15ClN4OS. The number of rotatable bonds is 4. The van der Waals surface area contributed by atoms with E-state index in [0.29, 0.717) is 15.2 Å². The van der Waals surface area contributed by atoms with Crippen molar-refractivity contribution in [1.82, 2.24) is 14.8 Å². The van der Waals surface area contributed by atoms with Crippen molar-refractivity contribution in [3.8, 4) is 10.6 Å². The summed E-state index contributed by atoms with van der Waals surface area (Å²) in [4.78, 5) is 12.5. The van der Waals surface area contributed by atoms with E-state index < -0.39 is 0 Å². The van der Waals surface area contributed by atoms with E-state index in [-0.39, 0.29) is 12.5 Å². The summed E-state index contributed by atoms with van der Waals surface area (Å²) in [5.41, 5.74) is 2.88. The maximum atomic E-state index is 12.5. The van der Waals surface area contributed by atoms with Gasteiger partial charge in [-0.25, -0.2) is 0 Å². The zero-order valence-electron chi connectivity index (χ0n) is 13.9. The lowest BCUT2D eigenvalue weighted by atomic mass is 10.2. The molecule has 0 bridgehead atoms. The Bertz CT molecular complexity index is 1100. The average molecular weight is 383 g/mol.